The molecule has 16 heavy (non-hydrogen) atoms. The van der Waals surface area contributed by atoms with Crippen molar-refractivity contribution in [3.63, 3.8) is 0 Å². The summed E-state index contributed by atoms with van der Waals surface area (Å²) in [6.45, 7) is 5.46. The van der Waals surface area contributed by atoms with Crippen molar-refractivity contribution in [2.75, 3.05) is 13.7 Å². The summed E-state index contributed by atoms with van der Waals surface area (Å²) in [4.78, 5) is 0. The van der Waals surface area contributed by atoms with Gasteiger partial charge in [-0.2, -0.15) is 0 Å². The maximum atomic E-state index is 5.49. The summed E-state index contributed by atoms with van der Waals surface area (Å²) in [5, 5.41) is 3.54. The molecule has 2 rings (SSSR count). The minimum Gasteiger partial charge on any atom is -0.496 e. The van der Waals surface area contributed by atoms with Gasteiger partial charge in [-0.1, -0.05) is 6.07 Å². The quantitative estimate of drug-likeness (QED) is 0.843. The zero-order valence-corrected chi connectivity index (χ0v) is 10.5. The fraction of sp³-hybridized carbons (Fsp3) is 0.571. The number of nitrogens with one attached hydrogen (secondary N) is 1. The first-order valence-corrected chi connectivity index (χ1v) is 6.08. The highest BCUT2D eigenvalue weighted by molar-refractivity contribution is 5.43. The molecule has 1 aliphatic rings. The summed E-state index contributed by atoms with van der Waals surface area (Å²) in [7, 11) is 1.76. The summed E-state index contributed by atoms with van der Waals surface area (Å²) in [5.41, 5.74) is 4.00. The Morgan fingerprint density at radius 2 is 2.19 bits per heavy atom. The lowest BCUT2D eigenvalue weighted by Crippen LogP contribution is -2.24. The Morgan fingerprint density at radius 3 is 2.81 bits per heavy atom. The molecule has 1 unspecified atom stereocenters. The van der Waals surface area contributed by atoms with Gasteiger partial charge in [0.1, 0.15) is 5.75 Å². The second kappa shape index (κ2) is 4.88. The standard InChI is InChI=1S/C14H21NO/c1-10-7-11(2)13(14(8-10)16-3)9-12-5-4-6-15-12/h7-8,12,15H,4-6,9H2,1-3H3. The summed E-state index contributed by atoms with van der Waals surface area (Å²) >= 11 is 0. The summed E-state index contributed by atoms with van der Waals surface area (Å²) in [5.74, 6) is 1.05. The van der Waals surface area contributed by atoms with Gasteiger partial charge in [-0.15, -0.1) is 0 Å². The molecular weight excluding hydrogens is 198 g/mol. The fourth-order valence-electron chi connectivity index (χ4n) is 2.58. The summed E-state index contributed by atoms with van der Waals surface area (Å²) in [6, 6.07) is 5.01. The molecule has 0 spiro atoms. The van der Waals surface area contributed by atoms with E-state index in [1.54, 1.807) is 7.11 Å². The molecule has 2 nitrogen and oxygen atoms in total. The van der Waals surface area contributed by atoms with Crippen LogP contribution in [0.2, 0.25) is 0 Å². The van der Waals surface area contributed by atoms with E-state index in [1.807, 2.05) is 0 Å². The van der Waals surface area contributed by atoms with Crippen molar-refractivity contribution in [1.29, 1.82) is 0 Å². The molecule has 1 fully saturated rings. The minimum atomic E-state index is 0.635. The van der Waals surface area contributed by atoms with Crippen LogP contribution in [0.5, 0.6) is 5.75 Å². The van der Waals surface area contributed by atoms with Crippen molar-refractivity contribution >= 4 is 0 Å². The number of benzene rings is 1. The molecule has 0 radical (unpaired) electrons. The van der Waals surface area contributed by atoms with Crippen molar-refractivity contribution in [3.8, 4) is 5.75 Å². The van der Waals surface area contributed by atoms with Crippen molar-refractivity contribution in [3.05, 3.63) is 28.8 Å². The van der Waals surface area contributed by atoms with Gasteiger partial charge in [-0.25, -0.2) is 0 Å². The van der Waals surface area contributed by atoms with E-state index in [2.05, 4.69) is 31.3 Å². The predicted molar refractivity (Wildman–Crippen MR) is 67.2 cm³/mol. The van der Waals surface area contributed by atoms with E-state index in [-0.39, 0.29) is 0 Å². The van der Waals surface area contributed by atoms with Crippen molar-refractivity contribution in [2.24, 2.45) is 0 Å². The third kappa shape index (κ3) is 2.38. The first kappa shape index (κ1) is 11.5. The van der Waals surface area contributed by atoms with E-state index < -0.39 is 0 Å². The van der Waals surface area contributed by atoms with Gasteiger partial charge in [-0.3, -0.25) is 0 Å². The van der Waals surface area contributed by atoms with Crippen LogP contribution in [0.3, 0.4) is 0 Å². The minimum absolute atomic E-state index is 0.635. The molecule has 88 valence electrons. The van der Waals surface area contributed by atoms with Crippen molar-refractivity contribution in [1.82, 2.24) is 5.32 Å². The van der Waals surface area contributed by atoms with Gasteiger partial charge >= 0.3 is 0 Å². The Kier molecular flexibility index (Phi) is 3.49. The second-order valence-electron chi connectivity index (χ2n) is 4.76. The average molecular weight is 219 g/mol. The largest absolute Gasteiger partial charge is 0.496 e. The van der Waals surface area contributed by atoms with Crippen molar-refractivity contribution < 1.29 is 4.74 Å². The molecule has 0 saturated carbocycles. The topological polar surface area (TPSA) is 21.3 Å². The van der Waals surface area contributed by atoms with Gasteiger partial charge in [0.05, 0.1) is 7.11 Å². The van der Waals surface area contributed by atoms with E-state index in [1.165, 1.54) is 29.5 Å². The molecular formula is C14H21NO. The fourth-order valence-corrected chi connectivity index (χ4v) is 2.58. The van der Waals surface area contributed by atoms with E-state index in [0.717, 1.165) is 18.7 Å². The van der Waals surface area contributed by atoms with E-state index in [4.69, 9.17) is 4.74 Å². The van der Waals surface area contributed by atoms with Crippen molar-refractivity contribution in [2.45, 2.75) is 39.2 Å². The van der Waals surface area contributed by atoms with Crippen LogP contribution in [0.4, 0.5) is 0 Å². The molecule has 1 N–H and O–H groups in total. The molecule has 1 heterocycles. The Hall–Kier alpha value is -1.02. The first-order chi connectivity index (χ1) is 7.70. The van der Waals surface area contributed by atoms with Gasteiger partial charge in [0.2, 0.25) is 0 Å². The monoisotopic (exact) mass is 219 g/mol. The predicted octanol–water partition coefficient (Wildman–Crippen LogP) is 2.61. The number of methoxy groups -OCH3 is 1. The second-order valence-corrected chi connectivity index (χ2v) is 4.76. The van der Waals surface area contributed by atoms with E-state index in [0.29, 0.717) is 6.04 Å². The third-order valence-corrected chi connectivity index (χ3v) is 3.41. The Bertz CT molecular complexity index is 367. The lowest BCUT2D eigenvalue weighted by Gasteiger charge is -2.16. The molecule has 1 atom stereocenters. The van der Waals surface area contributed by atoms with Gasteiger partial charge in [0, 0.05) is 6.04 Å². The highest BCUT2D eigenvalue weighted by Gasteiger charge is 2.18. The molecule has 0 aliphatic carbocycles. The number of hydrogen-bond donors (Lipinski definition) is 1. The lowest BCUT2D eigenvalue weighted by atomic mass is 9.97. The van der Waals surface area contributed by atoms with Crippen LogP contribution in [0.15, 0.2) is 12.1 Å². The van der Waals surface area contributed by atoms with Gasteiger partial charge in [0.25, 0.3) is 0 Å². The van der Waals surface area contributed by atoms with E-state index in [9.17, 15) is 0 Å². The summed E-state index contributed by atoms with van der Waals surface area (Å²) < 4.78 is 5.49. The van der Waals surface area contributed by atoms with Crippen LogP contribution >= 0.6 is 0 Å². The zero-order valence-electron chi connectivity index (χ0n) is 10.5. The molecule has 0 bridgehead atoms. The van der Waals surface area contributed by atoms with Crippen LogP contribution in [0.25, 0.3) is 0 Å². The van der Waals surface area contributed by atoms with Crippen LogP contribution in [0.1, 0.15) is 29.5 Å². The van der Waals surface area contributed by atoms with Gasteiger partial charge in [-0.05, 0) is 62.4 Å². The van der Waals surface area contributed by atoms with E-state index >= 15 is 0 Å². The van der Waals surface area contributed by atoms with Crippen LogP contribution in [-0.2, 0) is 6.42 Å². The highest BCUT2D eigenvalue weighted by Crippen LogP contribution is 2.26. The molecule has 1 aromatic rings. The third-order valence-electron chi connectivity index (χ3n) is 3.41. The van der Waals surface area contributed by atoms with Gasteiger partial charge in [0.15, 0.2) is 0 Å². The number of rotatable bonds is 3. The smallest absolute Gasteiger partial charge is 0.122 e. The normalized spacial score (nSPS) is 20.1. The maximum absolute atomic E-state index is 5.49. The molecule has 1 aliphatic heterocycles. The molecule has 1 aromatic carbocycles. The Morgan fingerprint density at radius 1 is 1.38 bits per heavy atom. The number of hydrogen-bond acceptors (Lipinski definition) is 2. The molecule has 1 saturated heterocycles. The average Bonchev–Trinajstić information content (AvgIpc) is 2.74. The number of ether oxygens (including phenoxy) is 1. The maximum Gasteiger partial charge on any atom is 0.122 e. The van der Waals surface area contributed by atoms with Gasteiger partial charge < -0.3 is 10.1 Å². The molecule has 2 heteroatoms. The number of aryl methyl sites for hydroxylation is 2. The first-order valence-electron chi connectivity index (χ1n) is 6.08. The lowest BCUT2D eigenvalue weighted by molar-refractivity contribution is 0.406. The van der Waals surface area contributed by atoms with Crippen LogP contribution < -0.4 is 10.1 Å². The van der Waals surface area contributed by atoms with Crippen LogP contribution in [-0.4, -0.2) is 19.7 Å². The van der Waals surface area contributed by atoms with Crippen LogP contribution in [0, 0.1) is 13.8 Å². The molecule has 0 amide bonds. The molecule has 0 aromatic heterocycles. The highest BCUT2D eigenvalue weighted by atomic mass is 16.5. The zero-order chi connectivity index (χ0) is 11.5. The SMILES string of the molecule is COc1cc(C)cc(C)c1CC1CCCN1. The Labute approximate surface area is 98.0 Å². The Balaban J connectivity index is 2.23. The summed E-state index contributed by atoms with van der Waals surface area (Å²) in [6.07, 6.45) is 3.68.